The molecule has 2 saturated carbocycles. The van der Waals surface area contributed by atoms with Crippen LogP contribution in [0.3, 0.4) is 0 Å². The van der Waals surface area contributed by atoms with Crippen LogP contribution in [0.25, 0.3) is 0 Å². The predicted octanol–water partition coefficient (Wildman–Crippen LogP) is 7.57. The molecule has 0 bridgehead atoms. The molecule has 0 spiro atoms. The summed E-state index contributed by atoms with van der Waals surface area (Å²) in [5, 5.41) is 13.6. The number of hydrogen-bond donors (Lipinski definition) is 1. The van der Waals surface area contributed by atoms with Gasteiger partial charge in [-0.2, -0.15) is 0 Å². The molecule has 29 heavy (non-hydrogen) atoms. The largest absolute Gasteiger partial charge is 0.411 e. The number of hydrogen-bond acceptors (Lipinski definition) is 2. The van der Waals surface area contributed by atoms with Crippen molar-refractivity contribution in [1.29, 1.82) is 0 Å². The molecular weight excluding hydrogens is 354 g/mol. The highest BCUT2D eigenvalue weighted by Gasteiger charge is 2.56. The summed E-state index contributed by atoms with van der Waals surface area (Å²) in [4.78, 5) is 0. The second kappa shape index (κ2) is 8.08. The predicted molar refractivity (Wildman–Crippen MR) is 122 cm³/mol. The zero-order chi connectivity index (χ0) is 20.8. The molecule has 0 aliphatic heterocycles. The molecule has 2 heteroatoms. The first kappa shape index (κ1) is 20.9. The van der Waals surface area contributed by atoms with Crippen LogP contribution in [-0.4, -0.2) is 10.9 Å². The van der Waals surface area contributed by atoms with Crippen molar-refractivity contribution in [2.24, 2.45) is 40.2 Å². The monoisotopic (exact) mass is 395 g/mol. The van der Waals surface area contributed by atoms with E-state index in [1.54, 1.807) is 0 Å². The van der Waals surface area contributed by atoms with Crippen molar-refractivity contribution < 1.29 is 5.21 Å². The fourth-order valence-electron chi connectivity index (χ4n) is 7.81. The smallest absolute Gasteiger partial charge is 0.0873 e. The Balaban J connectivity index is 1.58. The van der Waals surface area contributed by atoms with Gasteiger partial charge >= 0.3 is 0 Å². The topological polar surface area (TPSA) is 32.6 Å². The van der Waals surface area contributed by atoms with E-state index in [9.17, 15) is 5.21 Å². The van der Waals surface area contributed by atoms with E-state index in [4.69, 9.17) is 0 Å². The molecule has 0 heterocycles. The normalized spacial score (nSPS) is 36.0. The number of oxime groups is 1. The van der Waals surface area contributed by atoms with E-state index in [-0.39, 0.29) is 0 Å². The highest BCUT2D eigenvalue weighted by Crippen LogP contribution is 2.64. The Hall–Kier alpha value is -1.31. The summed E-state index contributed by atoms with van der Waals surface area (Å²) < 4.78 is 0. The van der Waals surface area contributed by atoms with Gasteiger partial charge in [0, 0.05) is 5.56 Å². The van der Waals surface area contributed by atoms with E-state index in [0.717, 1.165) is 35.8 Å². The maximum atomic E-state index is 9.79. The van der Waals surface area contributed by atoms with E-state index in [1.807, 2.05) is 0 Å². The molecule has 4 rings (SSSR count). The average molecular weight is 396 g/mol. The van der Waals surface area contributed by atoms with Gasteiger partial charge in [0.2, 0.25) is 0 Å². The van der Waals surface area contributed by atoms with Crippen LogP contribution in [0, 0.1) is 41.9 Å². The SMILES string of the molecule is Cc1cccc2c1[C@H]1CC[C@]3(C)[C@@H]([C@H](C)CCCC(C)C)CC[C@H]3[C@@H]1C/C2=N\O. The number of rotatable bonds is 5. The Morgan fingerprint density at radius 1 is 1.14 bits per heavy atom. The highest BCUT2D eigenvalue weighted by molar-refractivity contribution is 6.03. The molecule has 160 valence electrons. The van der Waals surface area contributed by atoms with Gasteiger partial charge in [-0.3, -0.25) is 0 Å². The third-order valence-electron chi connectivity index (χ3n) is 9.19. The Labute approximate surface area is 178 Å². The van der Waals surface area contributed by atoms with Crippen LogP contribution >= 0.6 is 0 Å². The van der Waals surface area contributed by atoms with Crippen LogP contribution in [0.2, 0.25) is 0 Å². The molecule has 1 aromatic rings. The number of fused-ring (bicyclic) bond motifs is 5. The van der Waals surface area contributed by atoms with E-state index >= 15 is 0 Å². The van der Waals surface area contributed by atoms with Gasteiger partial charge in [0.1, 0.15) is 0 Å². The molecule has 0 aromatic heterocycles. The lowest BCUT2D eigenvalue weighted by Crippen LogP contribution is -2.44. The molecule has 0 radical (unpaired) electrons. The summed E-state index contributed by atoms with van der Waals surface area (Å²) in [6.07, 6.45) is 10.6. The fraction of sp³-hybridized carbons (Fsp3) is 0.741. The van der Waals surface area contributed by atoms with Gasteiger partial charge in [-0.05, 0) is 91.1 Å². The number of aryl methyl sites for hydroxylation is 1. The molecule has 3 aliphatic carbocycles. The van der Waals surface area contributed by atoms with Crippen LogP contribution in [0.1, 0.15) is 102 Å². The van der Waals surface area contributed by atoms with Crippen molar-refractivity contribution in [1.82, 2.24) is 0 Å². The zero-order valence-corrected chi connectivity index (χ0v) is 19.2. The van der Waals surface area contributed by atoms with Crippen molar-refractivity contribution in [2.75, 3.05) is 0 Å². The van der Waals surface area contributed by atoms with Gasteiger partial charge in [0.05, 0.1) is 5.71 Å². The van der Waals surface area contributed by atoms with Gasteiger partial charge in [0.25, 0.3) is 0 Å². The lowest BCUT2D eigenvalue weighted by Gasteiger charge is -2.52. The molecule has 0 unspecified atom stereocenters. The molecular formula is C27H41NO. The van der Waals surface area contributed by atoms with Crippen LogP contribution < -0.4 is 0 Å². The van der Waals surface area contributed by atoms with Crippen LogP contribution in [0.15, 0.2) is 23.4 Å². The van der Waals surface area contributed by atoms with Crippen LogP contribution in [-0.2, 0) is 0 Å². The molecule has 0 saturated heterocycles. The number of benzene rings is 1. The molecule has 1 aromatic carbocycles. The van der Waals surface area contributed by atoms with Gasteiger partial charge < -0.3 is 5.21 Å². The van der Waals surface area contributed by atoms with Gasteiger partial charge in [-0.25, -0.2) is 0 Å². The molecule has 2 fully saturated rings. The Kier molecular flexibility index (Phi) is 5.84. The number of nitrogens with zero attached hydrogens (tertiary/aromatic N) is 1. The van der Waals surface area contributed by atoms with Gasteiger partial charge in [-0.1, -0.05) is 70.3 Å². The Bertz CT molecular complexity index is 766. The quantitative estimate of drug-likeness (QED) is 0.405. The summed E-state index contributed by atoms with van der Waals surface area (Å²) >= 11 is 0. The summed E-state index contributed by atoms with van der Waals surface area (Å²) in [6.45, 7) is 12.1. The average Bonchev–Trinajstić information content (AvgIpc) is 3.04. The van der Waals surface area contributed by atoms with Crippen LogP contribution in [0.5, 0.6) is 0 Å². The fourth-order valence-corrected chi connectivity index (χ4v) is 7.81. The minimum Gasteiger partial charge on any atom is -0.411 e. The Morgan fingerprint density at radius 3 is 2.66 bits per heavy atom. The first-order valence-corrected chi connectivity index (χ1v) is 12.2. The maximum Gasteiger partial charge on any atom is 0.0873 e. The molecule has 1 N–H and O–H groups in total. The lowest BCUT2D eigenvalue weighted by atomic mass is 9.52. The van der Waals surface area contributed by atoms with Crippen molar-refractivity contribution in [3.05, 3.63) is 34.9 Å². The lowest BCUT2D eigenvalue weighted by molar-refractivity contribution is 0.0168. The third-order valence-corrected chi connectivity index (χ3v) is 9.19. The summed E-state index contributed by atoms with van der Waals surface area (Å²) in [7, 11) is 0. The maximum absolute atomic E-state index is 9.79. The minimum absolute atomic E-state index is 0.471. The molecule has 6 atom stereocenters. The molecule has 0 amide bonds. The first-order chi connectivity index (χ1) is 13.9. The van der Waals surface area contributed by atoms with Crippen molar-refractivity contribution in [2.45, 2.75) is 91.9 Å². The van der Waals surface area contributed by atoms with E-state index in [1.165, 1.54) is 61.6 Å². The summed E-state index contributed by atoms with van der Waals surface area (Å²) in [6, 6.07) is 6.55. The van der Waals surface area contributed by atoms with Crippen molar-refractivity contribution in [3.63, 3.8) is 0 Å². The van der Waals surface area contributed by atoms with Crippen molar-refractivity contribution in [3.8, 4) is 0 Å². The first-order valence-electron chi connectivity index (χ1n) is 12.2. The second-order valence-corrected chi connectivity index (χ2v) is 11.2. The third kappa shape index (κ3) is 3.55. The van der Waals surface area contributed by atoms with Crippen LogP contribution in [0.4, 0.5) is 0 Å². The summed E-state index contributed by atoms with van der Waals surface area (Å²) in [5.41, 5.74) is 5.50. The standard InChI is InChI=1S/C27H41NO/c1-17(2)8-6-9-18(3)23-12-13-24-22-16-25(28-29)21-11-7-10-19(4)26(21)20(22)14-15-27(23,24)5/h7,10-11,17-18,20,22-24,29H,6,8-9,12-16H2,1-5H3/b28-25+/t18-,20+,22-,23-,24+,27-/m1/s1. The highest BCUT2D eigenvalue weighted by atomic mass is 16.4. The molecule has 3 aliphatic rings. The molecule has 2 nitrogen and oxygen atoms in total. The second-order valence-electron chi connectivity index (χ2n) is 11.2. The Morgan fingerprint density at radius 2 is 1.93 bits per heavy atom. The minimum atomic E-state index is 0.471. The summed E-state index contributed by atoms with van der Waals surface area (Å²) in [5.74, 6) is 4.62. The van der Waals surface area contributed by atoms with Crippen molar-refractivity contribution >= 4 is 5.71 Å². The van der Waals surface area contributed by atoms with Gasteiger partial charge in [0.15, 0.2) is 0 Å². The van der Waals surface area contributed by atoms with Gasteiger partial charge in [-0.15, -0.1) is 0 Å². The van der Waals surface area contributed by atoms with E-state index in [0.29, 0.717) is 17.3 Å². The zero-order valence-electron chi connectivity index (χ0n) is 19.2. The van der Waals surface area contributed by atoms with E-state index < -0.39 is 0 Å². The van der Waals surface area contributed by atoms with E-state index in [2.05, 4.69) is 58.0 Å².